The van der Waals surface area contributed by atoms with Crippen LogP contribution in [0, 0.1) is 5.41 Å². The molecule has 3 heteroatoms. The molecule has 2 aromatic rings. The second-order valence-corrected chi connectivity index (χ2v) is 8.03. The molecule has 0 saturated carbocycles. The number of carbonyl (C=O) groups is 1. The van der Waals surface area contributed by atoms with Gasteiger partial charge in [0.15, 0.2) is 5.78 Å². The number of Topliss-reactive ketones (excluding diaryl/α,β-unsaturated/α-hetero) is 1. The molecule has 0 radical (unpaired) electrons. The molecular weight excluding hydrogens is 336 g/mol. The van der Waals surface area contributed by atoms with E-state index in [1.165, 1.54) is 0 Å². The number of rotatable bonds is 3. The lowest BCUT2D eigenvalue weighted by atomic mass is 9.71. The van der Waals surface area contributed by atoms with E-state index in [1.54, 1.807) is 7.11 Å². The Morgan fingerprint density at radius 3 is 2.37 bits per heavy atom. The number of ketones is 1. The van der Waals surface area contributed by atoms with Gasteiger partial charge in [-0.05, 0) is 41.3 Å². The summed E-state index contributed by atoms with van der Waals surface area (Å²) in [5, 5.41) is 0. The van der Waals surface area contributed by atoms with E-state index < -0.39 is 0 Å². The van der Waals surface area contributed by atoms with Crippen molar-refractivity contribution in [1.29, 1.82) is 0 Å². The second kappa shape index (κ2) is 6.73. The highest BCUT2D eigenvalue weighted by molar-refractivity contribution is 6.00. The first-order valence-electron chi connectivity index (χ1n) is 9.32. The predicted octanol–water partition coefficient (Wildman–Crippen LogP) is 5.49. The highest BCUT2D eigenvalue weighted by Crippen LogP contribution is 2.47. The van der Waals surface area contributed by atoms with E-state index in [-0.39, 0.29) is 17.1 Å². The summed E-state index contributed by atoms with van der Waals surface area (Å²) in [6.45, 7) is 4.25. The predicted molar refractivity (Wildman–Crippen MR) is 106 cm³/mol. The number of allylic oxidation sites excluding steroid dienone is 3. The minimum absolute atomic E-state index is 0.0735. The molecule has 0 saturated heterocycles. The Bertz CT molecular complexity index is 918. The number of benzene rings is 2. The molecule has 1 heterocycles. The Morgan fingerprint density at radius 1 is 1.00 bits per heavy atom. The maximum Gasteiger partial charge on any atom is 0.163 e. The zero-order valence-corrected chi connectivity index (χ0v) is 16.0. The quantitative estimate of drug-likeness (QED) is 0.726. The van der Waals surface area contributed by atoms with Crippen molar-refractivity contribution in [3.8, 4) is 5.75 Å². The highest BCUT2D eigenvalue weighted by Gasteiger charge is 2.39. The molecule has 138 valence electrons. The Balaban J connectivity index is 1.80. The summed E-state index contributed by atoms with van der Waals surface area (Å²) in [4.78, 5) is 13.0. The molecule has 1 unspecified atom stereocenters. The van der Waals surface area contributed by atoms with Crippen LogP contribution >= 0.6 is 0 Å². The van der Waals surface area contributed by atoms with Gasteiger partial charge < -0.3 is 9.47 Å². The maximum absolute atomic E-state index is 13.0. The van der Waals surface area contributed by atoms with Crippen LogP contribution in [0.4, 0.5) is 0 Å². The SMILES string of the molecule is COc1ccc(C2=CC(c3ccccc3)C3=C(CC(C)(C)CC3=O)O2)cc1. The summed E-state index contributed by atoms with van der Waals surface area (Å²) >= 11 is 0. The zero-order valence-electron chi connectivity index (χ0n) is 16.0. The number of ether oxygens (including phenoxy) is 2. The summed E-state index contributed by atoms with van der Waals surface area (Å²) in [6, 6.07) is 18.0. The Kier molecular flexibility index (Phi) is 4.39. The van der Waals surface area contributed by atoms with Gasteiger partial charge in [0.25, 0.3) is 0 Å². The first kappa shape index (κ1) is 17.6. The van der Waals surface area contributed by atoms with Crippen molar-refractivity contribution >= 4 is 11.5 Å². The molecule has 1 atom stereocenters. The molecule has 27 heavy (non-hydrogen) atoms. The third-order valence-corrected chi connectivity index (χ3v) is 5.27. The van der Waals surface area contributed by atoms with Crippen molar-refractivity contribution < 1.29 is 14.3 Å². The van der Waals surface area contributed by atoms with Gasteiger partial charge in [0, 0.05) is 29.9 Å². The number of hydrogen-bond acceptors (Lipinski definition) is 3. The van der Waals surface area contributed by atoms with Gasteiger partial charge in [0.2, 0.25) is 0 Å². The summed E-state index contributed by atoms with van der Waals surface area (Å²) in [5.41, 5.74) is 2.84. The normalized spacial score (nSPS) is 21.2. The van der Waals surface area contributed by atoms with Gasteiger partial charge in [0.1, 0.15) is 17.3 Å². The second-order valence-electron chi connectivity index (χ2n) is 8.03. The van der Waals surface area contributed by atoms with Crippen molar-refractivity contribution in [3.63, 3.8) is 0 Å². The van der Waals surface area contributed by atoms with Crippen LogP contribution in [-0.2, 0) is 9.53 Å². The summed E-state index contributed by atoms with van der Waals surface area (Å²) in [5.74, 6) is 2.55. The minimum atomic E-state index is -0.0838. The van der Waals surface area contributed by atoms with Crippen LogP contribution in [0.1, 0.15) is 43.7 Å². The average molecular weight is 360 g/mol. The maximum atomic E-state index is 13.0. The topological polar surface area (TPSA) is 35.5 Å². The van der Waals surface area contributed by atoms with Crippen LogP contribution in [0.3, 0.4) is 0 Å². The monoisotopic (exact) mass is 360 g/mol. The molecule has 1 aliphatic heterocycles. The van der Waals surface area contributed by atoms with E-state index in [1.807, 2.05) is 42.5 Å². The molecule has 0 spiro atoms. The number of methoxy groups -OCH3 is 1. The highest BCUT2D eigenvalue weighted by atomic mass is 16.5. The van der Waals surface area contributed by atoms with Gasteiger partial charge in [0.05, 0.1) is 7.11 Å². The van der Waals surface area contributed by atoms with Gasteiger partial charge in [-0.1, -0.05) is 44.2 Å². The lowest BCUT2D eigenvalue weighted by Gasteiger charge is -2.37. The van der Waals surface area contributed by atoms with E-state index in [9.17, 15) is 4.79 Å². The fourth-order valence-corrected chi connectivity index (χ4v) is 3.95. The minimum Gasteiger partial charge on any atom is -0.497 e. The fourth-order valence-electron chi connectivity index (χ4n) is 3.95. The van der Waals surface area contributed by atoms with Crippen LogP contribution in [0.25, 0.3) is 5.76 Å². The molecule has 2 aliphatic rings. The molecule has 1 aliphatic carbocycles. The van der Waals surface area contributed by atoms with Crippen LogP contribution < -0.4 is 4.74 Å². The Hall–Kier alpha value is -2.81. The van der Waals surface area contributed by atoms with Crippen LogP contribution in [0.5, 0.6) is 5.75 Å². The van der Waals surface area contributed by atoms with Gasteiger partial charge >= 0.3 is 0 Å². The standard InChI is InChI=1S/C24H24O3/c1-24(2)14-20(25)23-19(16-7-5-4-6-8-16)13-21(27-22(23)15-24)17-9-11-18(26-3)12-10-17/h4-13,19H,14-15H2,1-3H3. The summed E-state index contributed by atoms with van der Waals surface area (Å²) in [7, 11) is 1.66. The van der Waals surface area contributed by atoms with Gasteiger partial charge in [-0.15, -0.1) is 0 Å². The largest absolute Gasteiger partial charge is 0.497 e. The van der Waals surface area contributed by atoms with E-state index in [0.717, 1.165) is 40.4 Å². The molecule has 4 rings (SSSR count). The lowest BCUT2D eigenvalue weighted by Crippen LogP contribution is -2.30. The average Bonchev–Trinajstić information content (AvgIpc) is 2.66. The molecule has 0 bridgehead atoms. The smallest absolute Gasteiger partial charge is 0.163 e. The molecule has 0 aromatic heterocycles. The first-order chi connectivity index (χ1) is 13.0. The molecule has 0 amide bonds. The molecular formula is C24H24O3. The van der Waals surface area contributed by atoms with Gasteiger partial charge in [-0.2, -0.15) is 0 Å². The third-order valence-electron chi connectivity index (χ3n) is 5.27. The van der Waals surface area contributed by atoms with Crippen molar-refractivity contribution in [1.82, 2.24) is 0 Å². The fraction of sp³-hybridized carbons (Fsp3) is 0.292. The molecule has 0 N–H and O–H groups in total. The molecule has 0 fully saturated rings. The Morgan fingerprint density at radius 2 is 1.70 bits per heavy atom. The number of carbonyl (C=O) groups excluding carboxylic acids is 1. The van der Waals surface area contributed by atoms with Gasteiger partial charge in [-0.3, -0.25) is 4.79 Å². The summed E-state index contributed by atoms with van der Waals surface area (Å²) in [6.07, 6.45) is 3.40. The molecule has 2 aromatic carbocycles. The van der Waals surface area contributed by atoms with Crippen molar-refractivity contribution in [3.05, 3.63) is 83.1 Å². The lowest BCUT2D eigenvalue weighted by molar-refractivity contribution is -0.118. The van der Waals surface area contributed by atoms with Gasteiger partial charge in [-0.25, -0.2) is 0 Å². The number of hydrogen-bond donors (Lipinski definition) is 0. The Labute approximate surface area is 160 Å². The van der Waals surface area contributed by atoms with Crippen molar-refractivity contribution in [2.24, 2.45) is 5.41 Å². The van der Waals surface area contributed by atoms with Crippen molar-refractivity contribution in [2.75, 3.05) is 7.11 Å². The van der Waals surface area contributed by atoms with Crippen molar-refractivity contribution in [2.45, 2.75) is 32.6 Å². The first-order valence-corrected chi connectivity index (χ1v) is 9.32. The van der Waals surface area contributed by atoms with E-state index in [4.69, 9.17) is 9.47 Å². The van der Waals surface area contributed by atoms with E-state index >= 15 is 0 Å². The van der Waals surface area contributed by atoms with Crippen LogP contribution in [0.2, 0.25) is 0 Å². The zero-order chi connectivity index (χ0) is 19.0. The third kappa shape index (κ3) is 3.42. The van der Waals surface area contributed by atoms with E-state index in [2.05, 4.69) is 32.1 Å². The van der Waals surface area contributed by atoms with Crippen LogP contribution in [-0.4, -0.2) is 12.9 Å². The van der Waals surface area contributed by atoms with E-state index in [0.29, 0.717) is 6.42 Å². The summed E-state index contributed by atoms with van der Waals surface area (Å²) < 4.78 is 11.5. The molecule has 3 nitrogen and oxygen atoms in total. The van der Waals surface area contributed by atoms with Crippen LogP contribution in [0.15, 0.2) is 72.0 Å².